The zero-order valence-electron chi connectivity index (χ0n) is 38.4. The fraction of sp³-hybridized carbons (Fsp3) is 0.304. The van der Waals surface area contributed by atoms with Gasteiger partial charge in [-0.25, -0.2) is 13.4 Å². The van der Waals surface area contributed by atoms with E-state index in [2.05, 4.69) is 39.8 Å². The van der Waals surface area contributed by atoms with Crippen molar-refractivity contribution in [2.45, 2.75) is 86.0 Å². The summed E-state index contributed by atoms with van der Waals surface area (Å²) in [4.78, 5) is 23.6. The molecule has 0 fully saturated rings. The molecule has 0 aliphatic carbocycles. The third-order valence-electron chi connectivity index (χ3n) is 10.4. The molecular formula is C46H50N11NaO5S2. The van der Waals surface area contributed by atoms with Crippen molar-refractivity contribution in [1.82, 2.24) is 24.1 Å². The smallest absolute Gasteiger partial charge is 0.744 e. The van der Waals surface area contributed by atoms with E-state index in [9.17, 15) is 28.1 Å². The minimum atomic E-state index is -4.87. The number of nitrogens with zero attached hydrogens (tertiary/aromatic N) is 9. The fourth-order valence-corrected chi connectivity index (χ4v) is 9.32. The monoisotopic (exact) mass is 923 g/mol. The predicted molar refractivity (Wildman–Crippen MR) is 249 cm³/mol. The number of carbonyl (C=O) groups excluding carboxylic acids is 1. The van der Waals surface area contributed by atoms with Gasteiger partial charge in [-0.15, -0.1) is 10.2 Å². The van der Waals surface area contributed by atoms with Gasteiger partial charge in [0.15, 0.2) is 17.5 Å². The van der Waals surface area contributed by atoms with Crippen LogP contribution in [0.5, 0.6) is 0 Å². The molecule has 6 aromatic rings. The summed E-state index contributed by atoms with van der Waals surface area (Å²) in [7, 11) is -4.87. The van der Waals surface area contributed by atoms with E-state index >= 15 is 0 Å². The summed E-state index contributed by atoms with van der Waals surface area (Å²) in [5.41, 5.74) is 7.52. The van der Waals surface area contributed by atoms with E-state index in [1.807, 2.05) is 59.4 Å². The normalized spacial score (nSPS) is 11.6. The molecule has 3 aromatic carbocycles. The number of aryl methyl sites for hydroxylation is 6. The Balaban J connectivity index is 0.00000793. The Morgan fingerprint density at radius 2 is 1.69 bits per heavy atom. The molecule has 0 saturated carbocycles. The quantitative estimate of drug-likeness (QED) is 0.0443. The van der Waals surface area contributed by atoms with Crippen molar-refractivity contribution in [3.05, 3.63) is 111 Å². The van der Waals surface area contributed by atoms with E-state index in [0.29, 0.717) is 69.1 Å². The van der Waals surface area contributed by atoms with Gasteiger partial charge in [0.05, 0.1) is 10.6 Å². The number of anilines is 5. The van der Waals surface area contributed by atoms with Crippen molar-refractivity contribution in [2.24, 2.45) is 10.2 Å². The van der Waals surface area contributed by atoms with Crippen LogP contribution in [0.15, 0.2) is 76.3 Å². The molecule has 0 unspecified atom stereocenters. The largest absolute Gasteiger partial charge is 1.00 e. The van der Waals surface area contributed by atoms with Gasteiger partial charge < -0.3 is 25.2 Å². The third-order valence-corrected chi connectivity index (χ3v) is 12.2. The Kier molecular flexibility index (Phi) is 15.7. The number of amides is 1. The number of aliphatic hydroxyl groups is 1. The molecule has 3 heterocycles. The molecule has 16 nitrogen and oxygen atoms in total. The van der Waals surface area contributed by atoms with Crippen LogP contribution in [0.25, 0.3) is 16.5 Å². The molecule has 3 aromatic heterocycles. The summed E-state index contributed by atoms with van der Waals surface area (Å²) in [5, 5.41) is 41.3. The maximum atomic E-state index is 12.6. The Morgan fingerprint density at radius 3 is 2.31 bits per heavy atom. The number of nitrogens with one attached hydrogen (secondary N) is 2. The zero-order chi connectivity index (χ0) is 46.8. The number of hydrogen-bond acceptors (Lipinski definition) is 15. The summed E-state index contributed by atoms with van der Waals surface area (Å²) in [6.45, 7) is 22.5. The number of benzene rings is 3. The first-order chi connectivity index (χ1) is 30.2. The number of azo groups is 1. The molecule has 3 N–H and O–H groups in total. The molecule has 0 bridgehead atoms. The van der Waals surface area contributed by atoms with Crippen LogP contribution in [0.4, 0.5) is 40.2 Å². The zero-order valence-corrected chi connectivity index (χ0v) is 42.1. The third kappa shape index (κ3) is 10.9. The van der Waals surface area contributed by atoms with Gasteiger partial charge in [0, 0.05) is 52.7 Å². The first-order valence-corrected chi connectivity index (χ1v) is 22.5. The van der Waals surface area contributed by atoms with Crippen LogP contribution in [0.3, 0.4) is 0 Å². The molecule has 65 heavy (non-hydrogen) atoms. The molecular weight excluding hydrogens is 874 g/mol. The minimum absolute atomic E-state index is 0. The first-order valence-electron chi connectivity index (χ1n) is 20.3. The average molecular weight is 924 g/mol. The van der Waals surface area contributed by atoms with Gasteiger partial charge >= 0.3 is 29.6 Å². The van der Waals surface area contributed by atoms with Gasteiger partial charge in [-0.1, -0.05) is 63.2 Å². The summed E-state index contributed by atoms with van der Waals surface area (Å²) in [6.07, 6.45) is 1.60. The number of rotatable bonds is 14. The molecule has 6 rings (SSSR count). The van der Waals surface area contributed by atoms with Crippen molar-refractivity contribution >= 4 is 67.8 Å². The topological polar surface area (TPSA) is 227 Å². The standard InChI is InChI=1S/C46H51N11O5S2.Na/c1-12-36(59)48-33-16-13-15-32(23-33)42-51-45(63-55-42)57-44(34(24-47)41(54-57)46(9,10)11)53-52-38-27(4)22-35(56(17-14-18-58)39-28(5)19-25(2)20-29(39)6)49-43(38)50-37-26(3)21-30(7)40(31(37)8)64(60,61)62;/h12-13,15-16,19-23,58H,1,14,17-18H2,2-11H3,(H,48,59)(H,49,50)(H,60,61,62);/q;+1/p-1. The predicted octanol–water partition coefficient (Wildman–Crippen LogP) is 6.83. The summed E-state index contributed by atoms with van der Waals surface area (Å²) >= 11 is 1.03. The Labute approximate surface area is 405 Å². The van der Waals surface area contributed by atoms with E-state index in [0.717, 1.165) is 33.9 Å². The van der Waals surface area contributed by atoms with Crippen LogP contribution in [0.2, 0.25) is 0 Å². The fourth-order valence-electron chi connectivity index (χ4n) is 7.74. The van der Waals surface area contributed by atoms with Crippen LogP contribution in [0.1, 0.15) is 77.4 Å². The molecule has 0 aliphatic heterocycles. The molecule has 0 spiro atoms. The minimum Gasteiger partial charge on any atom is -0.744 e. The van der Waals surface area contributed by atoms with Crippen molar-refractivity contribution in [1.29, 1.82) is 5.26 Å². The van der Waals surface area contributed by atoms with Gasteiger partial charge in [-0.05, 0) is 113 Å². The number of carbonyl (C=O) groups is 1. The second-order valence-electron chi connectivity index (χ2n) is 16.6. The number of aromatic nitrogens is 5. The van der Waals surface area contributed by atoms with Crippen LogP contribution in [-0.2, 0) is 20.3 Å². The van der Waals surface area contributed by atoms with Crippen molar-refractivity contribution in [3.8, 4) is 22.6 Å². The average Bonchev–Trinajstić information content (AvgIpc) is 3.85. The maximum absolute atomic E-state index is 12.6. The van der Waals surface area contributed by atoms with Gasteiger partial charge in [0.2, 0.25) is 11.0 Å². The van der Waals surface area contributed by atoms with Gasteiger partial charge in [0.1, 0.15) is 33.3 Å². The van der Waals surface area contributed by atoms with E-state index in [1.165, 1.54) is 10.8 Å². The van der Waals surface area contributed by atoms with E-state index in [4.69, 9.17) is 25.3 Å². The number of nitriles is 1. The number of aliphatic hydroxyl groups excluding tert-OH is 1. The molecule has 332 valence electrons. The number of hydrogen-bond donors (Lipinski definition) is 3. The summed E-state index contributed by atoms with van der Waals surface area (Å²) in [6, 6.07) is 16.9. The maximum Gasteiger partial charge on any atom is 1.00 e. The second kappa shape index (κ2) is 20.3. The van der Waals surface area contributed by atoms with Gasteiger partial charge in [-0.3, -0.25) is 4.79 Å². The first kappa shape index (κ1) is 50.4. The molecule has 0 radical (unpaired) electrons. The molecule has 0 aliphatic rings. The Bertz CT molecular complexity index is 2980. The van der Waals surface area contributed by atoms with Crippen LogP contribution in [0, 0.1) is 59.8 Å². The van der Waals surface area contributed by atoms with Crippen molar-refractivity contribution in [2.75, 3.05) is 28.7 Å². The van der Waals surface area contributed by atoms with Gasteiger partial charge in [0.25, 0.3) is 0 Å². The molecule has 0 atom stereocenters. The Morgan fingerprint density at radius 1 is 1.00 bits per heavy atom. The van der Waals surface area contributed by atoms with Gasteiger partial charge in [-0.2, -0.15) is 24.4 Å². The molecule has 1 amide bonds. The van der Waals surface area contributed by atoms with E-state index in [1.54, 1.807) is 51.1 Å². The van der Waals surface area contributed by atoms with Crippen LogP contribution in [-0.4, -0.2) is 61.3 Å². The number of pyridine rings is 1. The van der Waals surface area contributed by atoms with Crippen LogP contribution >= 0.6 is 11.5 Å². The van der Waals surface area contributed by atoms with E-state index < -0.39 is 15.5 Å². The van der Waals surface area contributed by atoms with Crippen molar-refractivity contribution < 1.29 is 52.4 Å². The molecule has 0 saturated heterocycles. The second-order valence-corrected chi connectivity index (χ2v) is 18.6. The SMILES string of the molecule is C=CC(=O)Nc1cccc(-c2nsc(-n3nc(C(C)(C)C)c(C#N)c3N=Nc3c(C)cc(N(CCCO)c4c(C)cc(C)cc4C)nc3Nc3c(C)cc(C)c(S(=O)(=O)[O-])c3C)n2)c1.[Na+]. The van der Waals surface area contributed by atoms with Crippen LogP contribution < -0.4 is 45.1 Å². The van der Waals surface area contributed by atoms with Crippen molar-refractivity contribution in [3.63, 3.8) is 0 Å². The molecule has 19 heteroatoms. The van der Waals surface area contributed by atoms with E-state index in [-0.39, 0.29) is 75.4 Å². The summed E-state index contributed by atoms with van der Waals surface area (Å²) in [5.74, 6) is 0.747. The Hall–Kier alpha value is -5.65. The summed E-state index contributed by atoms with van der Waals surface area (Å²) < 4.78 is 43.7.